The van der Waals surface area contributed by atoms with Gasteiger partial charge in [-0.15, -0.1) is 0 Å². The summed E-state index contributed by atoms with van der Waals surface area (Å²) in [7, 11) is -3.72. The number of carbonyl (C=O) groups excluding carboxylic acids is 2. The van der Waals surface area contributed by atoms with Gasteiger partial charge >= 0.3 is 6.09 Å². The Morgan fingerprint density at radius 2 is 1.85 bits per heavy atom. The third kappa shape index (κ3) is 4.59. The molecule has 1 atom stereocenters. The number of cyclic esters (lactones) is 1. The van der Waals surface area contributed by atoms with Gasteiger partial charge < -0.3 is 14.5 Å². The van der Waals surface area contributed by atoms with Crippen LogP contribution in [0.2, 0.25) is 0 Å². The number of piperazine rings is 1. The van der Waals surface area contributed by atoms with Crippen LogP contribution < -0.4 is 9.80 Å². The lowest BCUT2D eigenvalue weighted by atomic mass is 10.1. The Morgan fingerprint density at radius 3 is 2.47 bits per heavy atom. The molecular formula is C24H30N4O5S. The molecule has 0 aliphatic carbocycles. The Hall–Kier alpha value is -3.14. The number of amides is 2. The van der Waals surface area contributed by atoms with E-state index in [1.807, 2.05) is 27.0 Å². The second kappa shape index (κ2) is 9.25. The van der Waals surface area contributed by atoms with E-state index in [9.17, 15) is 18.0 Å². The van der Waals surface area contributed by atoms with E-state index in [4.69, 9.17) is 4.74 Å². The van der Waals surface area contributed by atoms with E-state index in [2.05, 4.69) is 16.0 Å². The van der Waals surface area contributed by atoms with Crippen LogP contribution in [0.5, 0.6) is 0 Å². The topological polar surface area (TPSA) is 100 Å². The third-order valence-corrected chi connectivity index (χ3v) is 7.50. The standard InChI is InChI=1S/C24H30N4O5S/c1-5-18-15-33-24(30)28(18)19-6-7-20(21(13-19)34(4,31)32)23(29)27-10-8-26(9-11-27)22-17(3)12-16(2)14-25-22/h6-7,12-14,18H,5,8-11,15H2,1-4H3/t18-/m1/s1. The van der Waals surface area contributed by atoms with Crippen LogP contribution in [0, 0.1) is 13.8 Å². The fraction of sp³-hybridized carbons (Fsp3) is 0.458. The quantitative estimate of drug-likeness (QED) is 0.641. The van der Waals surface area contributed by atoms with Crippen molar-refractivity contribution >= 4 is 33.3 Å². The first kappa shape index (κ1) is 24.0. The number of pyridine rings is 1. The van der Waals surface area contributed by atoms with Crippen molar-refractivity contribution in [2.45, 2.75) is 38.1 Å². The minimum atomic E-state index is -3.72. The SMILES string of the molecule is CC[C@@H]1COC(=O)N1c1ccc(C(=O)N2CCN(c3ncc(C)cc3C)CC2)c(S(C)(=O)=O)c1. The van der Waals surface area contributed by atoms with Gasteiger partial charge in [0.2, 0.25) is 0 Å². The highest BCUT2D eigenvalue weighted by molar-refractivity contribution is 7.90. The van der Waals surface area contributed by atoms with Gasteiger partial charge in [-0.2, -0.15) is 0 Å². The first-order valence-corrected chi connectivity index (χ1v) is 13.3. The number of carbonyl (C=O) groups is 2. The second-order valence-electron chi connectivity index (χ2n) is 8.89. The van der Waals surface area contributed by atoms with Crippen molar-refractivity contribution in [1.29, 1.82) is 0 Å². The number of benzene rings is 1. The van der Waals surface area contributed by atoms with Crippen LogP contribution in [0.4, 0.5) is 16.3 Å². The van der Waals surface area contributed by atoms with Crippen LogP contribution in [-0.2, 0) is 14.6 Å². The number of ether oxygens (including phenoxy) is 1. The van der Waals surface area contributed by atoms with Gasteiger partial charge in [-0.25, -0.2) is 18.2 Å². The number of anilines is 2. The number of sulfone groups is 1. The molecule has 34 heavy (non-hydrogen) atoms. The molecule has 1 aromatic carbocycles. The lowest BCUT2D eigenvalue weighted by Gasteiger charge is -2.36. The molecule has 2 aliphatic rings. The second-order valence-corrected chi connectivity index (χ2v) is 10.9. The molecule has 10 heteroatoms. The molecule has 2 aromatic rings. The summed E-state index contributed by atoms with van der Waals surface area (Å²) >= 11 is 0. The molecule has 2 aliphatic heterocycles. The molecule has 0 radical (unpaired) electrons. The van der Waals surface area contributed by atoms with Crippen molar-refractivity contribution in [3.05, 3.63) is 47.2 Å². The largest absolute Gasteiger partial charge is 0.447 e. The lowest BCUT2D eigenvalue weighted by Crippen LogP contribution is -2.49. The molecule has 2 amide bonds. The van der Waals surface area contributed by atoms with Gasteiger partial charge in [-0.1, -0.05) is 13.0 Å². The zero-order valence-corrected chi connectivity index (χ0v) is 20.8. The fourth-order valence-electron chi connectivity index (χ4n) is 4.55. The van der Waals surface area contributed by atoms with Gasteiger partial charge in [0.25, 0.3) is 5.91 Å². The first-order chi connectivity index (χ1) is 16.1. The van der Waals surface area contributed by atoms with Crippen molar-refractivity contribution in [2.24, 2.45) is 0 Å². The van der Waals surface area contributed by atoms with Crippen molar-refractivity contribution in [2.75, 3.05) is 48.8 Å². The molecule has 0 N–H and O–H groups in total. The maximum atomic E-state index is 13.4. The summed E-state index contributed by atoms with van der Waals surface area (Å²) in [4.78, 5) is 35.3. The van der Waals surface area contributed by atoms with Crippen molar-refractivity contribution in [1.82, 2.24) is 9.88 Å². The molecule has 1 aromatic heterocycles. The number of aromatic nitrogens is 1. The Labute approximate surface area is 200 Å². The van der Waals surface area contributed by atoms with E-state index in [0.717, 1.165) is 23.2 Å². The molecule has 2 fully saturated rings. The predicted octanol–water partition coefficient (Wildman–Crippen LogP) is 2.80. The molecule has 3 heterocycles. The Bertz CT molecular complexity index is 1220. The maximum absolute atomic E-state index is 13.4. The highest BCUT2D eigenvalue weighted by Gasteiger charge is 2.35. The predicted molar refractivity (Wildman–Crippen MR) is 129 cm³/mol. The Morgan fingerprint density at radius 1 is 1.15 bits per heavy atom. The zero-order valence-electron chi connectivity index (χ0n) is 19.9. The van der Waals surface area contributed by atoms with E-state index in [1.54, 1.807) is 11.0 Å². The van der Waals surface area contributed by atoms with E-state index in [1.165, 1.54) is 17.0 Å². The molecule has 0 saturated carbocycles. The summed E-state index contributed by atoms with van der Waals surface area (Å²) in [5, 5.41) is 0. The smallest absolute Gasteiger partial charge is 0.414 e. The van der Waals surface area contributed by atoms with Crippen LogP contribution in [0.25, 0.3) is 0 Å². The number of hydrogen-bond donors (Lipinski definition) is 0. The van der Waals surface area contributed by atoms with Crippen molar-refractivity contribution in [3.8, 4) is 0 Å². The molecule has 9 nitrogen and oxygen atoms in total. The number of hydrogen-bond acceptors (Lipinski definition) is 7. The van der Waals surface area contributed by atoms with E-state index < -0.39 is 15.9 Å². The first-order valence-electron chi connectivity index (χ1n) is 11.4. The van der Waals surface area contributed by atoms with Gasteiger partial charge in [0.15, 0.2) is 9.84 Å². The van der Waals surface area contributed by atoms with E-state index >= 15 is 0 Å². The number of rotatable bonds is 5. The summed E-state index contributed by atoms with van der Waals surface area (Å²) < 4.78 is 30.4. The monoisotopic (exact) mass is 486 g/mol. The molecule has 2 saturated heterocycles. The summed E-state index contributed by atoms with van der Waals surface area (Å²) in [5.41, 5.74) is 2.71. The molecule has 0 spiro atoms. The van der Waals surface area contributed by atoms with Gasteiger partial charge in [-0.3, -0.25) is 9.69 Å². The summed E-state index contributed by atoms with van der Waals surface area (Å²) in [6.07, 6.45) is 3.06. The van der Waals surface area contributed by atoms with Gasteiger partial charge in [-0.05, 0) is 49.6 Å². The van der Waals surface area contributed by atoms with Gasteiger partial charge in [0, 0.05) is 44.3 Å². The van der Waals surface area contributed by atoms with Crippen molar-refractivity contribution < 1.29 is 22.7 Å². The summed E-state index contributed by atoms with van der Waals surface area (Å²) in [6.45, 7) is 8.32. The van der Waals surface area contributed by atoms with E-state index in [0.29, 0.717) is 38.3 Å². The average Bonchev–Trinajstić information content (AvgIpc) is 3.18. The Balaban J connectivity index is 1.57. The minimum absolute atomic E-state index is 0.0805. The highest BCUT2D eigenvalue weighted by atomic mass is 32.2. The third-order valence-electron chi connectivity index (χ3n) is 6.36. The highest BCUT2D eigenvalue weighted by Crippen LogP contribution is 2.30. The van der Waals surface area contributed by atoms with E-state index in [-0.39, 0.29) is 29.0 Å². The minimum Gasteiger partial charge on any atom is -0.447 e. The fourth-order valence-corrected chi connectivity index (χ4v) is 5.44. The van der Waals surface area contributed by atoms with Gasteiger partial charge in [0.1, 0.15) is 12.4 Å². The molecular weight excluding hydrogens is 456 g/mol. The number of nitrogens with zero attached hydrogens (tertiary/aromatic N) is 4. The van der Waals surface area contributed by atoms with Crippen LogP contribution in [0.3, 0.4) is 0 Å². The van der Waals surface area contributed by atoms with Gasteiger partial charge in [0.05, 0.1) is 16.5 Å². The van der Waals surface area contributed by atoms with Crippen LogP contribution >= 0.6 is 0 Å². The average molecular weight is 487 g/mol. The summed E-state index contributed by atoms with van der Waals surface area (Å²) in [5.74, 6) is 0.568. The normalized spacial score (nSPS) is 18.9. The number of aryl methyl sites for hydroxylation is 2. The van der Waals surface area contributed by atoms with Crippen LogP contribution in [-0.4, -0.2) is 75.4 Å². The van der Waals surface area contributed by atoms with Crippen LogP contribution in [0.1, 0.15) is 34.8 Å². The zero-order chi connectivity index (χ0) is 24.6. The van der Waals surface area contributed by atoms with Crippen LogP contribution in [0.15, 0.2) is 35.4 Å². The molecule has 182 valence electrons. The molecule has 0 unspecified atom stereocenters. The molecule has 4 rings (SSSR count). The summed E-state index contributed by atoms with van der Waals surface area (Å²) in [6, 6.07) is 6.44. The Kier molecular flexibility index (Phi) is 6.53. The maximum Gasteiger partial charge on any atom is 0.414 e. The molecule has 0 bridgehead atoms. The van der Waals surface area contributed by atoms with Crippen molar-refractivity contribution in [3.63, 3.8) is 0 Å². The lowest BCUT2D eigenvalue weighted by molar-refractivity contribution is 0.0742.